The van der Waals surface area contributed by atoms with Crippen molar-refractivity contribution in [2.75, 3.05) is 13.7 Å². The Labute approximate surface area is 118 Å². The molecule has 4 heteroatoms. The van der Waals surface area contributed by atoms with Crippen molar-refractivity contribution in [3.63, 3.8) is 0 Å². The monoisotopic (exact) mass is 315 g/mol. The molecule has 1 aliphatic carbocycles. The molecule has 1 aliphatic rings. The molecule has 0 spiro atoms. The Bertz CT molecular complexity index is 361. The van der Waals surface area contributed by atoms with Crippen LogP contribution >= 0.6 is 15.9 Å². The zero-order chi connectivity index (χ0) is 13.8. The third-order valence-electron chi connectivity index (χ3n) is 3.96. The first-order valence-corrected chi connectivity index (χ1v) is 7.14. The van der Waals surface area contributed by atoms with E-state index in [4.69, 9.17) is 4.74 Å². The van der Waals surface area contributed by atoms with Gasteiger partial charge in [-0.2, -0.15) is 4.91 Å². The minimum absolute atomic E-state index is 0.128. The summed E-state index contributed by atoms with van der Waals surface area (Å²) in [6.07, 6.45) is 5.76. The van der Waals surface area contributed by atoms with Gasteiger partial charge in [-0.05, 0) is 37.8 Å². The largest absolute Gasteiger partial charge is 0.380 e. The summed E-state index contributed by atoms with van der Waals surface area (Å²) in [7, 11) is 1.67. The van der Waals surface area contributed by atoms with Gasteiger partial charge in [-0.15, -0.1) is 0 Å². The maximum absolute atomic E-state index is 11.3. The van der Waals surface area contributed by atoms with Crippen LogP contribution in [0.25, 0.3) is 0 Å². The quantitative estimate of drug-likeness (QED) is 0.486. The lowest BCUT2D eigenvalue weighted by atomic mass is 9.74. The molecule has 1 fully saturated rings. The highest BCUT2D eigenvalue weighted by Crippen LogP contribution is 2.62. The van der Waals surface area contributed by atoms with Crippen LogP contribution in [0.5, 0.6) is 0 Å². The zero-order valence-electron chi connectivity index (χ0n) is 11.5. The van der Waals surface area contributed by atoms with Gasteiger partial charge in [0.25, 0.3) is 0 Å². The van der Waals surface area contributed by atoms with E-state index in [0.717, 1.165) is 35.7 Å². The number of halogens is 1. The molecule has 3 nitrogen and oxygen atoms in total. The van der Waals surface area contributed by atoms with Crippen LogP contribution in [0.2, 0.25) is 0 Å². The molecule has 0 saturated heterocycles. The average molecular weight is 316 g/mol. The number of methoxy groups -OCH3 is 1. The Kier molecular flexibility index (Phi) is 5.29. The van der Waals surface area contributed by atoms with Crippen molar-refractivity contribution in [3.05, 3.63) is 27.6 Å². The Balaban J connectivity index is 3.09. The van der Waals surface area contributed by atoms with Crippen LogP contribution in [0.3, 0.4) is 0 Å². The predicted molar refractivity (Wildman–Crippen MR) is 78.8 cm³/mol. The lowest BCUT2D eigenvalue weighted by Gasteiger charge is -2.33. The van der Waals surface area contributed by atoms with Gasteiger partial charge in [-0.25, -0.2) is 0 Å². The van der Waals surface area contributed by atoms with Crippen LogP contribution in [0, 0.1) is 10.3 Å². The lowest BCUT2D eigenvalue weighted by Crippen LogP contribution is -2.36. The topological polar surface area (TPSA) is 38.7 Å². The van der Waals surface area contributed by atoms with Gasteiger partial charge in [0.05, 0.1) is 6.61 Å². The Hall–Kier alpha value is -0.480. The molecule has 1 saturated carbocycles. The van der Waals surface area contributed by atoms with Crippen LogP contribution in [-0.2, 0) is 4.74 Å². The molecule has 0 aromatic rings. The van der Waals surface area contributed by atoms with E-state index < -0.39 is 5.54 Å². The van der Waals surface area contributed by atoms with Crippen molar-refractivity contribution in [3.8, 4) is 0 Å². The molecule has 0 radical (unpaired) electrons. The normalized spacial score (nSPS) is 21.2. The standard InChI is InChI=1S/C14H22BrNO2/c1-5-6-13(3,16-17)14(7-8-14)12(10-18-4)9-11(2)15/h9H,2,5-8,10H2,1,3-4H3/b12-9+. The molecule has 1 unspecified atom stereocenters. The summed E-state index contributed by atoms with van der Waals surface area (Å²) in [5.41, 5.74) is 0.467. The van der Waals surface area contributed by atoms with Gasteiger partial charge in [0.15, 0.2) is 0 Å². The summed E-state index contributed by atoms with van der Waals surface area (Å²) in [5, 5.41) is 3.46. The number of allylic oxidation sites excluding steroid dienone is 2. The molecule has 1 rings (SSSR count). The van der Waals surface area contributed by atoms with E-state index in [-0.39, 0.29) is 5.41 Å². The number of rotatable bonds is 8. The van der Waals surface area contributed by atoms with E-state index in [9.17, 15) is 4.91 Å². The molecule has 0 bridgehead atoms. The molecular formula is C14H22BrNO2. The summed E-state index contributed by atoms with van der Waals surface area (Å²) in [4.78, 5) is 11.3. The minimum Gasteiger partial charge on any atom is -0.380 e. The van der Waals surface area contributed by atoms with Crippen molar-refractivity contribution >= 4 is 15.9 Å². The van der Waals surface area contributed by atoms with E-state index in [1.165, 1.54) is 0 Å². The van der Waals surface area contributed by atoms with Crippen LogP contribution in [0.1, 0.15) is 39.5 Å². The van der Waals surface area contributed by atoms with Crippen molar-refractivity contribution in [2.24, 2.45) is 10.6 Å². The Morgan fingerprint density at radius 3 is 2.56 bits per heavy atom. The van der Waals surface area contributed by atoms with Gasteiger partial charge in [0.1, 0.15) is 5.54 Å². The maximum Gasteiger partial charge on any atom is 0.109 e. The Morgan fingerprint density at radius 2 is 2.22 bits per heavy atom. The summed E-state index contributed by atoms with van der Waals surface area (Å²) in [6.45, 7) is 8.43. The molecule has 0 aromatic heterocycles. The van der Waals surface area contributed by atoms with Crippen LogP contribution in [0.4, 0.5) is 0 Å². The number of nitrogens with zero attached hydrogens (tertiary/aromatic N) is 1. The van der Waals surface area contributed by atoms with E-state index in [2.05, 4.69) is 34.6 Å². The van der Waals surface area contributed by atoms with E-state index >= 15 is 0 Å². The first kappa shape index (κ1) is 15.6. The van der Waals surface area contributed by atoms with Gasteiger partial charge in [-0.3, -0.25) is 0 Å². The van der Waals surface area contributed by atoms with Crippen molar-refractivity contribution in [1.82, 2.24) is 0 Å². The van der Waals surface area contributed by atoms with E-state index in [1.54, 1.807) is 7.11 Å². The zero-order valence-corrected chi connectivity index (χ0v) is 13.0. The molecule has 0 N–H and O–H groups in total. The number of ether oxygens (including phenoxy) is 1. The molecule has 0 heterocycles. The number of hydrogen-bond acceptors (Lipinski definition) is 3. The summed E-state index contributed by atoms with van der Waals surface area (Å²) >= 11 is 3.36. The number of nitroso groups, excluding NO2 is 1. The molecule has 18 heavy (non-hydrogen) atoms. The highest BCUT2D eigenvalue weighted by molar-refractivity contribution is 9.11. The molecular weight excluding hydrogens is 294 g/mol. The third kappa shape index (κ3) is 2.91. The van der Waals surface area contributed by atoms with Crippen molar-refractivity contribution in [1.29, 1.82) is 0 Å². The summed E-state index contributed by atoms with van der Waals surface area (Å²) < 4.78 is 6.09. The second-order valence-electron chi connectivity index (χ2n) is 5.25. The molecule has 102 valence electrons. The van der Waals surface area contributed by atoms with Gasteiger partial charge in [0.2, 0.25) is 0 Å². The minimum atomic E-state index is -0.533. The van der Waals surface area contributed by atoms with E-state index in [0.29, 0.717) is 6.61 Å². The summed E-state index contributed by atoms with van der Waals surface area (Å²) in [5.74, 6) is 0. The predicted octanol–water partition coefficient (Wildman–Crippen LogP) is 4.57. The third-order valence-corrected chi connectivity index (χ3v) is 4.19. The maximum atomic E-state index is 11.3. The average Bonchev–Trinajstić information content (AvgIpc) is 3.09. The first-order chi connectivity index (χ1) is 8.45. The SMILES string of the molecule is C=C(Br)/C=C(\COC)C1(C(C)(CCC)N=O)CC1. The lowest BCUT2D eigenvalue weighted by molar-refractivity contribution is 0.191. The highest BCUT2D eigenvalue weighted by Gasteiger charge is 2.59. The van der Waals surface area contributed by atoms with Gasteiger partial charge >= 0.3 is 0 Å². The summed E-state index contributed by atoms with van der Waals surface area (Å²) in [6, 6.07) is 0. The van der Waals surface area contributed by atoms with Crippen molar-refractivity contribution in [2.45, 2.75) is 45.1 Å². The van der Waals surface area contributed by atoms with E-state index in [1.807, 2.05) is 13.0 Å². The molecule has 0 amide bonds. The number of hydrogen-bond donors (Lipinski definition) is 0. The van der Waals surface area contributed by atoms with Gasteiger partial charge < -0.3 is 4.74 Å². The van der Waals surface area contributed by atoms with Gasteiger partial charge in [-0.1, -0.05) is 41.0 Å². The molecule has 0 aliphatic heterocycles. The van der Waals surface area contributed by atoms with Crippen molar-refractivity contribution < 1.29 is 4.74 Å². The molecule has 0 aromatic carbocycles. The molecule has 1 atom stereocenters. The fourth-order valence-electron chi connectivity index (χ4n) is 2.85. The fraction of sp³-hybridized carbons (Fsp3) is 0.714. The second-order valence-corrected chi connectivity index (χ2v) is 6.27. The fourth-order valence-corrected chi connectivity index (χ4v) is 3.13. The first-order valence-electron chi connectivity index (χ1n) is 6.34. The highest BCUT2D eigenvalue weighted by atomic mass is 79.9. The Morgan fingerprint density at radius 1 is 1.61 bits per heavy atom. The van der Waals surface area contributed by atoms with Crippen LogP contribution in [0.15, 0.2) is 27.9 Å². The van der Waals surface area contributed by atoms with Gasteiger partial charge in [0, 0.05) is 17.0 Å². The van der Waals surface area contributed by atoms with Crippen LogP contribution < -0.4 is 0 Å². The smallest absolute Gasteiger partial charge is 0.109 e. The second kappa shape index (κ2) is 6.11. The van der Waals surface area contributed by atoms with Crippen LogP contribution in [-0.4, -0.2) is 19.3 Å².